The fourth-order valence-corrected chi connectivity index (χ4v) is 3.34. The molecule has 0 atom stereocenters. The van der Waals surface area contributed by atoms with E-state index in [-0.39, 0.29) is 0 Å². The van der Waals surface area contributed by atoms with Gasteiger partial charge in [0, 0.05) is 12.0 Å². The average Bonchev–Trinajstić information content (AvgIpc) is 2.29. The number of carbonyl (C=O) groups is 1. The molecule has 0 saturated carbocycles. The first kappa shape index (κ1) is 11.7. The first-order chi connectivity index (χ1) is 7.72. The van der Waals surface area contributed by atoms with E-state index in [9.17, 15) is 9.90 Å². The van der Waals surface area contributed by atoms with E-state index in [4.69, 9.17) is 0 Å². The van der Waals surface area contributed by atoms with Crippen LogP contribution in [0.15, 0.2) is 24.3 Å². The smallest absolute Gasteiger partial charge is 0.150 e. The fourth-order valence-electron chi connectivity index (χ4n) is 2.08. The summed E-state index contributed by atoms with van der Waals surface area (Å²) in [6, 6.07) is 7.51. The van der Waals surface area contributed by atoms with Crippen LogP contribution in [0.5, 0.6) is 0 Å². The van der Waals surface area contributed by atoms with E-state index >= 15 is 0 Å². The van der Waals surface area contributed by atoms with Crippen molar-refractivity contribution in [2.75, 3.05) is 11.5 Å². The van der Waals surface area contributed by atoms with Crippen molar-refractivity contribution in [1.29, 1.82) is 0 Å². The summed E-state index contributed by atoms with van der Waals surface area (Å²) >= 11 is 1.90. The molecule has 1 aliphatic heterocycles. The van der Waals surface area contributed by atoms with Crippen molar-refractivity contribution < 1.29 is 9.90 Å². The Morgan fingerprint density at radius 1 is 1.38 bits per heavy atom. The molecule has 1 aliphatic rings. The van der Waals surface area contributed by atoms with Crippen molar-refractivity contribution in [2.45, 2.75) is 24.9 Å². The van der Waals surface area contributed by atoms with Crippen LogP contribution in [0.25, 0.3) is 0 Å². The van der Waals surface area contributed by atoms with Crippen molar-refractivity contribution >= 4 is 18.0 Å². The number of thioether (sulfide) groups is 1. The molecule has 1 aromatic rings. The van der Waals surface area contributed by atoms with Gasteiger partial charge in [0.15, 0.2) is 0 Å². The molecule has 2 nitrogen and oxygen atoms in total. The molecule has 0 spiro atoms. The Labute approximate surface area is 100 Å². The predicted octanol–water partition coefficient (Wildman–Crippen LogP) is 2.30. The number of hydrogen-bond donors (Lipinski definition) is 1. The summed E-state index contributed by atoms with van der Waals surface area (Å²) in [6.45, 7) is 0. The number of rotatable bonds is 3. The molecule has 16 heavy (non-hydrogen) atoms. The van der Waals surface area contributed by atoms with Crippen LogP contribution in [-0.2, 0) is 6.42 Å². The maximum atomic E-state index is 10.7. The Hall–Kier alpha value is -0.800. The lowest BCUT2D eigenvalue weighted by Crippen LogP contribution is -2.35. The van der Waals surface area contributed by atoms with Gasteiger partial charge in [0.1, 0.15) is 6.29 Å². The number of aldehydes is 1. The summed E-state index contributed by atoms with van der Waals surface area (Å²) in [7, 11) is 0. The molecule has 3 heteroatoms. The van der Waals surface area contributed by atoms with Gasteiger partial charge in [-0.25, -0.2) is 0 Å². The molecule has 2 rings (SSSR count). The number of carbonyl (C=O) groups excluding carboxylic acids is 1. The van der Waals surface area contributed by atoms with E-state index in [2.05, 4.69) is 0 Å². The normalized spacial score (nSPS) is 19.3. The zero-order chi connectivity index (χ0) is 11.4. The lowest BCUT2D eigenvalue weighted by atomic mass is 9.88. The second kappa shape index (κ2) is 5.02. The Morgan fingerprint density at radius 2 is 2.12 bits per heavy atom. The first-order valence-electron chi connectivity index (χ1n) is 5.56. The number of hydrogen-bond acceptors (Lipinski definition) is 3. The van der Waals surface area contributed by atoms with Gasteiger partial charge in [-0.3, -0.25) is 4.79 Å². The van der Waals surface area contributed by atoms with Gasteiger partial charge < -0.3 is 5.11 Å². The highest BCUT2D eigenvalue weighted by Gasteiger charge is 2.29. The second-order valence-electron chi connectivity index (χ2n) is 4.38. The van der Waals surface area contributed by atoms with Crippen molar-refractivity contribution in [3.8, 4) is 0 Å². The molecule has 1 heterocycles. The Morgan fingerprint density at radius 3 is 2.81 bits per heavy atom. The molecule has 1 saturated heterocycles. The van der Waals surface area contributed by atoms with Gasteiger partial charge in [0.2, 0.25) is 0 Å². The zero-order valence-electron chi connectivity index (χ0n) is 9.19. The fraction of sp³-hybridized carbons (Fsp3) is 0.462. The van der Waals surface area contributed by atoms with Gasteiger partial charge in [0.05, 0.1) is 5.60 Å². The predicted molar refractivity (Wildman–Crippen MR) is 67.0 cm³/mol. The summed E-state index contributed by atoms with van der Waals surface area (Å²) in [4.78, 5) is 10.7. The van der Waals surface area contributed by atoms with E-state index in [1.807, 2.05) is 30.0 Å². The monoisotopic (exact) mass is 236 g/mol. The van der Waals surface area contributed by atoms with E-state index in [0.717, 1.165) is 36.2 Å². The largest absolute Gasteiger partial charge is 0.389 e. The summed E-state index contributed by atoms with van der Waals surface area (Å²) in [5, 5.41) is 10.4. The van der Waals surface area contributed by atoms with Gasteiger partial charge >= 0.3 is 0 Å². The molecule has 0 amide bonds. The molecule has 0 unspecified atom stereocenters. The lowest BCUT2D eigenvalue weighted by molar-refractivity contribution is 0.0323. The number of benzene rings is 1. The third-order valence-electron chi connectivity index (χ3n) is 3.04. The van der Waals surface area contributed by atoms with Gasteiger partial charge in [-0.05, 0) is 36.0 Å². The van der Waals surface area contributed by atoms with Crippen LogP contribution >= 0.6 is 11.8 Å². The summed E-state index contributed by atoms with van der Waals surface area (Å²) in [6.07, 6.45) is 3.21. The first-order valence-corrected chi connectivity index (χ1v) is 6.72. The average molecular weight is 236 g/mol. The molecule has 86 valence electrons. The maximum absolute atomic E-state index is 10.7. The molecule has 1 N–H and O–H groups in total. The van der Waals surface area contributed by atoms with Crippen LogP contribution in [0.2, 0.25) is 0 Å². The van der Waals surface area contributed by atoms with Crippen LogP contribution in [0, 0.1) is 0 Å². The summed E-state index contributed by atoms with van der Waals surface area (Å²) in [5.41, 5.74) is 1.18. The van der Waals surface area contributed by atoms with Crippen LogP contribution in [0.3, 0.4) is 0 Å². The van der Waals surface area contributed by atoms with Crippen molar-refractivity contribution in [3.05, 3.63) is 35.4 Å². The second-order valence-corrected chi connectivity index (χ2v) is 5.60. The minimum absolute atomic E-state index is 0.563. The molecule has 0 aromatic heterocycles. The minimum Gasteiger partial charge on any atom is -0.389 e. The van der Waals surface area contributed by atoms with E-state index in [1.54, 1.807) is 6.07 Å². The van der Waals surface area contributed by atoms with Gasteiger partial charge in [-0.1, -0.05) is 18.2 Å². The minimum atomic E-state index is -0.563. The topological polar surface area (TPSA) is 37.3 Å². The lowest BCUT2D eigenvalue weighted by Gasteiger charge is -2.31. The maximum Gasteiger partial charge on any atom is 0.150 e. The zero-order valence-corrected chi connectivity index (χ0v) is 10.0. The van der Waals surface area contributed by atoms with Crippen LogP contribution in [0.1, 0.15) is 28.8 Å². The molecular formula is C13H16O2S. The van der Waals surface area contributed by atoms with Crippen molar-refractivity contribution in [1.82, 2.24) is 0 Å². The highest BCUT2D eigenvalue weighted by molar-refractivity contribution is 7.99. The SMILES string of the molecule is O=Cc1cccc(CC2(O)CCSCC2)c1. The van der Waals surface area contributed by atoms with Gasteiger partial charge in [-0.2, -0.15) is 11.8 Å². The Bertz CT molecular complexity index is 370. The quantitative estimate of drug-likeness (QED) is 0.818. The Kier molecular flexibility index (Phi) is 3.66. The Balaban J connectivity index is 2.09. The van der Waals surface area contributed by atoms with Crippen molar-refractivity contribution in [3.63, 3.8) is 0 Å². The van der Waals surface area contributed by atoms with E-state index < -0.39 is 5.60 Å². The van der Waals surface area contributed by atoms with E-state index in [0.29, 0.717) is 12.0 Å². The van der Waals surface area contributed by atoms with Crippen LogP contribution in [0.4, 0.5) is 0 Å². The third-order valence-corrected chi connectivity index (χ3v) is 4.03. The highest BCUT2D eigenvalue weighted by Crippen LogP contribution is 2.30. The van der Waals surface area contributed by atoms with Crippen LogP contribution < -0.4 is 0 Å². The molecule has 1 aromatic carbocycles. The van der Waals surface area contributed by atoms with Gasteiger partial charge in [-0.15, -0.1) is 0 Å². The standard InChI is InChI=1S/C13H16O2S/c14-10-12-3-1-2-11(8-12)9-13(15)4-6-16-7-5-13/h1-3,8,10,15H,4-7,9H2. The highest BCUT2D eigenvalue weighted by atomic mass is 32.2. The third kappa shape index (κ3) is 2.86. The molecular weight excluding hydrogens is 220 g/mol. The van der Waals surface area contributed by atoms with Crippen molar-refractivity contribution in [2.24, 2.45) is 0 Å². The molecule has 1 fully saturated rings. The van der Waals surface area contributed by atoms with Crippen LogP contribution in [-0.4, -0.2) is 28.5 Å². The molecule has 0 aliphatic carbocycles. The van der Waals surface area contributed by atoms with Gasteiger partial charge in [0.25, 0.3) is 0 Å². The summed E-state index contributed by atoms with van der Waals surface area (Å²) < 4.78 is 0. The summed E-state index contributed by atoms with van der Waals surface area (Å²) in [5.74, 6) is 2.06. The molecule has 0 radical (unpaired) electrons. The van der Waals surface area contributed by atoms with E-state index in [1.165, 1.54) is 0 Å². The number of aliphatic hydroxyl groups is 1. The molecule has 0 bridgehead atoms.